The molecule has 2 amide bonds. The van der Waals surface area contributed by atoms with Gasteiger partial charge in [-0.15, -0.1) is 0 Å². The molecule has 1 atom stereocenters. The van der Waals surface area contributed by atoms with Gasteiger partial charge in [0.05, 0.1) is 10.6 Å². The second-order valence-electron chi connectivity index (χ2n) is 9.07. The number of benzene rings is 3. The second-order valence-corrected chi connectivity index (χ2v) is 11.4. The highest BCUT2D eigenvalue weighted by molar-refractivity contribution is 7.92. The van der Waals surface area contributed by atoms with Crippen molar-refractivity contribution in [1.29, 1.82) is 0 Å². The fraction of sp³-hybridized carbons (Fsp3) is 0.310. The number of carbonyl (C=O) groups is 2. The van der Waals surface area contributed by atoms with Crippen molar-refractivity contribution in [3.8, 4) is 0 Å². The topological polar surface area (TPSA) is 86.8 Å². The van der Waals surface area contributed by atoms with Crippen LogP contribution >= 0.6 is 11.6 Å². The van der Waals surface area contributed by atoms with Crippen molar-refractivity contribution in [1.82, 2.24) is 10.2 Å². The highest BCUT2D eigenvalue weighted by Crippen LogP contribution is 2.27. The number of aryl methyl sites for hydroxylation is 1. The fourth-order valence-electron chi connectivity index (χ4n) is 3.97. The average Bonchev–Trinajstić information content (AvgIpc) is 2.91. The Morgan fingerprint density at radius 2 is 1.66 bits per heavy atom. The van der Waals surface area contributed by atoms with E-state index in [-0.39, 0.29) is 23.0 Å². The standard InChI is InChI=1S/C29H34ClN3O4S/c1-4-5-18-31-29(35)23(3)32(20-24-13-10-9-12-22(24)2)28(34)21-33(26-15-11-14-25(30)19-26)38(36,37)27-16-7-6-8-17-27/h6-17,19,23H,4-5,18,20-21H2,1-3H3,(H,31,35). The van der Waals surface area contributed by atoms with Gasteiger partial charge in [-0.05, 0) is 61.7 Å². The highest BCUT2D eigenvalue weighted by atomic mass is 35.5. The van der Waals surface area contributed by atoms with Crippen LogP contribution in [0.25, 0.3) is 0 Å². The number of unbranched alkanes of at least 4 members (excludes halogenated alkanes) is 1. The van der Waals surface area contributed by atoms with Gasteiger partial charge in [0, 0.05) is 18.1 Å². The maximum atomic E-state index is 13.9. The van der Waals surface area contributed by atoms with Gasteiger partial charge in [0.1, 0.15) is 12.6 Å². The smallest absolute Gasteiger partial charge is 0.264 e. The van der Waals surface area contributed by atoms with E-state index in [1.54, 1.807) is 43.3 Å². The van der Waals surface area contributed by atoms with E-state index >= 15 is 0 Å². The largest absolute Gasteiger partial charge is 0.354 e. The van der Waals surface area contributed by atoms with Crippen molar-refractivity contribution in [2.75, 3.05) is 17.4 Å². The fourth-order valence-corrected chi connectivity index (χ4v) is 5.58. The molecule has 3 rings (SSSR count). The van der Waals surface area contributed by atoms with E-state index in [9.17, 15) is 18.0 Å². The zero-order valence-electron chi connectivity index (χ0n) is 21.9. The lowest BCUT2D eigenvalue weighted by Gasteiger charge is -2.32. The number of hydrogen-bond acceptors (Lipinski definition) is 4. The minimum atomic E-state index is -4.12. The molecule has 202 valence electrons. The lowest BCUT2D eigenvalue weighted by Crippen LogP contribution is -2.51. The number of nitrogens with zero attached hydrogens (tertiary/aromatic N) is 2. The van der Waals surface area contributed by atoms with Crippen molar-refractivity contribution in [2.45, 2.75) is 51.1 Å². The van der Waals surface area contributed by atoms with Crippen LogP contribution in [-0.2, 0) is 26.2 Å². The highest BCUT2D eigenvalue weighted by Gasteiger charge is 2.32. The number of hydrogen-bond donors (Lipinski definition) is 1. The third kappa shape index (κ3) is 7.36. The summed E-state index contributed by atoms with van der Waals surface area (Å²) in [6.07, 6.45) is 1.74. The first kappa shape index (κ1) is 29.2. The molecule has 0 aliphatic heterocycles. The Morgan fingerprint density at radius 3 is 2.32 bits per heavy atom. The molecular weight excluding hydrogens is 522 g/mol. The monoisotopic (exact) mass is 555 g/mol. The molecule has 0 aromatic heterocycles. The number of halogens is 1. The summed E-state index contributed by atoms with van der Waals surface area (Å²) >= 11 is 6.19. The molecular formula is C29H34ClN3O4S. The van der Waals surface area contributed by atoms with Crippen molar-refractivity contribution in [2.24, 2.45) is 0 Å². The van der Waals surface area contributed by atoms with Crippen LogP contribution in [0.4, 0.5) is 5.69 Å². The zero-order chi connectivity index (χ0) is 27.7. The van der Waals surface area contributed by atoms with Gasteiger partial charge in [-0.25, -0.2) is 8.42 Å². The van der Waals surface area contributed by atoms with E-state index in [1.807, 2.05) is 38.1 Å². The first-order chi connectivity index (χ1) is 18.1. The van der Waals surface area contributed by atoms with Crippen LogP contribution in [0.1, 0.15) is 37.8 Å². The molecule has 0 heterocycles. The number of sulfonamides is 1. The molecule has 1 N–H and O–H groups in total. The summed E-state index contributed by atoms with van der Waals surface area (Å²) in [7, 11) is -4.12. The number of nitrogens with one attached hydrogen (secondary N) is 1. The van der Waals surface area contributed by atoms with Crippen molar-refractivity contribution >= 4 is 39.1 Å². The summed E-state index contributed by atoms with van der Waals surface area (Å²) in [6.45, 7) is 5.78. The van der Waals surface area contributed by atoms with E-state index < -0.39 is 28.5 Å². The van der Waals surface area contributed by atoms with Crippen molar-refractivity contribution in [3.63, 3.8) is 0 Å². The van der Waals surface area contributed by atoms with E-state index in [0.29, 0.717) is 11.6 Å². The van der Waals surface area contributed by atoms with E-state index in [1.165, 1.54) is 23.1 Å². The number of rotatable bonds is 12. The maximum Gasteiger partial charge on any atom is 0.264 e. The molecule has 0 bridgehead atoms. The Labute approximate surface area is 230 Å². The Morgan fingerprint density at radius 1 is 0.974 bits per heavy atom. The lowest BCUT2D eigenvalue weighted by molar-refractivity contribution is -0.139. The number of carbonyl (C=O) groups excluding carboxylic acids is 2. The van der Waals surface area contributed by atoms with Gasteiger partial charge in [0.25, 0.3) is 10.0 Å². The quantitative estimate of drug-likeness (QED) is 0.312. The summed E-state index contributed by atoms with van der Waals surface area (Å²) in [5.74, 6) is -0.800. The van der Waals surface area contributed by atoms with E-state index in [0.717, 1.165) is 28.3 Å². The first-order valence-electron chi connectivity index (χ1n) is 12.6. The maximum absolute atomic E-state index is 13.9. The Hall–Kier alpha value is -3.36. The normalized spacial score (nSPS) is 12.0. The van der Waals surface area contributed by atoms with Crippen LogP contribution in [0, 0.1) is 6.92 Å². The van der Waals surface area contributed by atoms with Gasteiger partial charge in [-0.2, -0.15) is 0 Å². The molecule has 0 aliphatic rings. The molecule has 38 heavy (non-hydrogen) atoms. The van der Waals surface area contributed by atoms with Crippen LogP contribution in [0.2, 0.25) is 5.02 Å². The SMILES string of the molecule is CCCCNC(=O)C(C)N(Cc1ccccc1C)C(=O)CN(c1cccc(Cl)c1)S(=O)(=O)c1ccccc1. The van der Waals surface area contributed by atoms with Crippen LogP contribution in [-0.4, -0.2) is 44.3 Å². The molecule has 0 fully saturated rings. The van der Waals surface area contributed by atoms with Crippen molar-refractivity contribution < 1.29 is 18.0 Å². The third-order valence-corrected chi connectivity index (χ3v) is 8.33. The zero-order valence-corrected chi connectivity index (χ0v) is 23.5. The average molecular weight is 556 g/mol. The molecule has 0 radical (unpaired) electrons. The molecule has 9 heteroatoms. The summed E-state index contributed by atoms with van der Waals surface area (Å²) in [5, 5.41) is 3.22. The first-order valence-corrected chi connectivity index (χ1v) is 14.4. The minimum Gasteiger partial charge on any atom is -0.354 e. The lowest BCUT2D eigenvalue weighted by atomic mass is 10.1. The molecule has 0 saturated heterocycles. The van der Waals surface area contributed by atoms with Gasteiger partial charge in [0.2, 0.25) is 11.8 Å². The summed E-state index contributed by atoms with van der Waals surface area (Å²) < 4.78 is 28.5. The summed E-state index contributed by atoms with van der Waals surface area (Å²) in [4.78, 5) is 28.4. The summed E-state index contributed by atoms with van der Waals surface area (Å²) in [5.41, 5.74) is 2.09. The summed E-state index contributed by atoms with van der Waals surface area (Å²) in [6, 6.07) is 21.1. The minimum absolute atomic E-state index is 0.0450. The van der Waals surface area contributed by atoms with Gasteiger partial charge < -0.3 is 10.2 Å². The molecule has 1 unspecified atom stereocenters. The van der Waals surface area contributed by atoms with Gasteiger partial charge in [0.15, 0.2) is 0 Å². The predicted molar refractivity (Wildman–Crippen MR) is 152 cm³/mol. The molecule has 3 aromatic rings. The van der Waals surface area contributed by atoms with Crippen LogP contribution in [0.5, 0.6) is 0 Å². The van der Waals surface area contributed by atoms with Crippen LogP contribution in [0.3, 0.4) is 0 Å². The Balaban J connectivity index is 2.00. The van der Waals surface area contributed by atoms with Gasteiger partial charge in [-0.3, -0.25) is 13.9 Å². The molecule has 7 nitrogen and oxygen atoms in total. The molecule has 0 aliphatic carbocycles. The van der Waals surface area contributed by atoms with E-state index in [2.05, 4.69) is 5.32 Å². The van der Waals surface area contributed by atoms with E-state index in [4.69, 9.17) is 11.6 Å². The molecule has 0 spiro atoms. The Bertz CT molecular complexity index is 1350. The van der Waals surface area contributed by atoms with Crippen LogP contribution in [0.15, 0.2) is 83.8 Å². The van der Waals surface area contributed by atoms with Crippen LogP contribution < -0.4 is 9.62 Å². The molecule has 0 saturated carbocycles. The predicted octanol–water partition coefficient (Wildman–Crippen LogP) is 5.18. The number of anilines is 1. The second kappa shape index (κ2) is 13.4. The molecule has 3 aromatic carbocycles. The van der Waals surface area contributed by atoms with Crippen molar-refractivity contribution in [3.05, 3.63) is 95.0 Å². The van der Waals surface area contributed by atoms with Gasteiger partial charge >= 0.3 is 0 Å². The van der Waals surface area contributed by atoms with Gasteiger partial charge in [-0.1, -0.05) is 73.5 Å². The number of amides is 2. The Kier molecular flexibility index (Phi) is 10.3. The third-order valence-electron chi connectivity index (χ3n) is 6.31.